The average Bonchev–Trinajstić information content (AvgIpc) is 3.35. The Labute approximate surface area is 134 Å². The zero-order valence-corrected chi connectivity index (χ0v) is 12.8. The van der Waals surface area contributed by atoms with Crippen LogP contribution >= 0.6 is 0 Å². The molecule has 2 atom stereocenters. The molecule has 2 aliphatic rings. The van der Waals surface area contributed by atoms with Gasteiger partial charge in [-0.05, 0) is 60.6 Å². The maximum absolute atomic E-state index is 13.0. The molecule has 2 unspecified atom stereocenters. The zero-order chi connectivity index (χ0) is 16.0. The van der Waals surface area contributed by atoms with Crippen molar-refractivity contribution >= 4 is 17.3 Å². The van der Waals surface area contributed by atoms with E-state index in [1.807, 2.05) is 23.1 Å². The molecule has 1 aliphatic carbocycles. The minimum Gasteiger partial charge on any atom is -0.398 e. The fourth-order valence-corrected chi connectivity index (χ4v) is 3.63. The SMILES string of the molecule is Nc1cccc2c1CCCN2C(=O)C1CC1c1ccc(F)cc1. The minimum atomic E-state index is -0.238. The molecule has 0 radical (unpaired) electrons. The highest BCUT2D eigenvalue weighted by molar-refractivity contribution is 5.99. The molecule has 1 heterocycles. The Kier molecular flexibility index (Phi) is 3.33. The first-order chi connectivity index (χ1) is 11.1. The largest absolute Gasteiger partial charge is 0.398 e. The van der Waals surface area contributed by atoms with Crippen molar-refractivity contribution in [2.45, 2.75) is 25.2 Å². The molecule has 0 saturated heterocycles. The molecule has 0 aromatic heterocycles. The molecule has 118 valence electrons. The smallest absolute Gasteiger partial charge is 0.230 e. The van der Waals surface area contributed by atoms with Gasteiger partial charge in [0.25, 0.3) is 0 Å². The van der Waals surface area contributed by atoms with E-state index in [1.54, 1.807) is 12.1 Å². The number of anilines is 2. The molecule has 23 heavy (non-hydrogen) atoms. The third kappa shape index (κ3) is 2.48. The lowest BCUT2D eigenvalue weighted by atomic mass is 9.99. The molecule has 2 aromatic carbocycles. The molecule has 2 N–H and O–H groups in total. The number of rotatable bonds is 2. The lowest BCUT2D eigenvalue weighted by Gasteiger charge is -2.30. The monoisotopic (exact) mass is 310 g/mol. The van der Waals surface area contributed by atoms with Crippen molar-refractivity contribution in [3.63, 3.8) is 0 Å². The summed E-state index contributed by atoms with van der Waals surface area (Å²) in [7, 11) is 0. The fourth-order valence-electron chi connectivity index (χ4n) is 3.63. The van der Waals surface area contributed by atoms with Crippen LogP contribution < -0.4 is 10.6 Å². The van der Waals surface area contributed by atoms with E-state index < -0.39 is 0 Å². The topological polar surface area (TPSA) is 46.3 Å². The van der Waals surface area contributed by atoms with Crippen molar-refractivity contribution < 1.29 is 9.18 Å². The molecule has 1 amide bonds. The van der Waals surface area contributed by atoms with E-state index >= 15 is 0 Å². The Morgan fingerprint density at radius 1 is 1.17 bits per heavy atom. The number of nitrogen functional groups attached to an aromatic ring is 1. The quantitative estimate of drug-likeness (QED) is 0.863. The number of nitrogens with two attached hydrogens (primary N) is 1. The molecule has 2 aromatic rings. The predicted octanol–water partition coefficient (Wildman–Crippen LogP) is 3.49. The van der Waals surface area contributed by atoms with Crippen molar-refractivity contribution in [1.29, 1.82) is 0 Å². The second kappa shape index (κ2) is 5.37. The van der Waals surface area contributed by atoms with Crippen LogP contribution in [0.4, 0.5) is 15.8 Å². The molecule has 0 spiro atoms. The van der Waals surface area contributed by atoms with E-state index in [-0.39, 0.29) is 23.6 Å². The van der Waals surface area contributed by atoms with Crippen molar-refractivity contribution in [2.75, 3.05) is 17.2 Å². The third-order valence-corrected chi connectivity index (χ3v) is 4.96. The zero-order valence-electron chi connectivity index (χ0n) is 12.8. The number of benzene rings is 2. The van der Waals surface area contributed by atoms with Gasteiger partial charge >= 0.3 is 0 Å². The van der Waals surface area contributed by atoms with Crippen LogP contribution in [0.15, 0.2) is 42.5 Å². The number of hydrogen-bond acceptors (Lipinski definition) is 2. The molecule has 1 saturated carbocycles. The molecule has 1 fully saturated rings. The van der Waals surface area contributed by atoms with Gasteiger partial charge in [0.2, 0.25) is 5.91 Å². The fraction of sp³-hybridized carbons (Fsp3) is 0.316. The Bertz CT molecular complexity index is 756. The van der Waals surface area contributed by atoms with Gasteiger partial charge in [0.1, 0.15) is 5.82 Å². The molecule has 0 bridgehead atoms. The van der Waals surface area contributed by atoms with Crippen LogP contribution in [0.5, 0.6) is 0 Å². The first-order valence-electron chi connectivity index (χ1n) is 8.09. The van der Waals surface area contributed by atoms with E-state index in [2.05, 4.69) is 0 Å². The van der Waals surface area contributed by atoms with E-state index in [0.29, 0.717) is 0 Å². The standard InChI is InChI=1S/C19H19FN2O/c20-13-8-6-12(7-9-13)15-11-16(15)19(23)22-10-2-3-14-17(21)4-1-5-18(14)22/h1,4-9,15-16H,2-3,10-11,21H2. The van der Waals surface area contributed by atoms with Crippen LogP contribution in [0.1, 0.15) is 29.9 Å². The first kappa shape index (κ1) is 14.2. The summed E-state index contributed by atoms with van der Waals surface area (Å²) in [6, 6.07) is 12.3. The van der Waals surface area contributed by atoms with Crippen molar-refractivity contribution in [3.05, 3.63) is 59.4 Å². The Balaban J connectivity index is 1.56. The second-order valence-corrected chi connectivity index (χ2v) is 6.44. The summed E-state index contributed by atoms with van der Waals surface area (Å²) in [6.07, 6.45) is 2.72. The van der Waals surface area contributed by atoms with Gasteiger partial charge in [-0.15, -0.1) is 0 Å². The minimum absolute atomic E-state index is 0.00726. The summed E-state index contributed by atoms with van der Waals surface area (Å²) in [6.45, 7) is 0.752. The molecule has 4 heteroatoms. The maximum atomic E-state index is 13.0. The summed E-state index contributed by atoms with van der Waals surface area (Å²) in [5, 5.41) is 0. The highest BCUT2D eigenvalue weighted by Crippen LogP contribution is 2.49. The van der Waals surface area contributed by atoms with Crippen molar-refractivity contribution in [3.8, 4) is 0 Å². The summed E-state index contributed by atoms with van der Waals surface area (Å²) in [5.74, 6) is 0.158. The lowest BCUT2D eigenvalue weighted by Crippen LogP contribution is -2.37. The van der Waals surface area contributed by atoms with Crippen LogP contribution in [0, 0.1) is 11.7 Å². The van der Waals surface area contributed by atoms with Gasteiger partial charge in [-0.25, -0.2) is 4.39 Å². The Morgan fingerprint density at radius 3 is 2.74 bits per heavy atom. The van der Waals surface area contributed by atoms with Crippen LogP contribution in [0.3, 0.4) is 0 Å². The summed E-state index contributed by atoms with van der Waals surface area (Å²) < 4.78 is 13.0. The maximum Gasteiger partial charge on any atom is 0.230 e. The third-order valence-electron chi connectivity index (χ3n) is 4.96. The normalized spacial score (nSPS) is 22.6. The van der Waals surface area contributed by atoms with Gasteiger partial charge in [-0.2, -0.15) is 0 Å². The van der Waals surface area contributed by atoms with E-state index in [1.165, 1.54) is 12.1 Å². The molecular weight excluding hydrogens is 291 g/mol. The van der Waals surface area contributed by atoms with E-state index in [9.17, 15) is 9.18 Å². The summed E-state index contributed by atoms with van der Waals surface area (Å²) in [5.41, 5.74) is 9.93. The predicted molar refractivity (Wildman–Crippen MR) is 88.8 cm³/mol. The number of carbonyl (C=O) groups excluding carboxylic acids is 1. The lowest BCUT2D eigenvalue weighted by molar-refractivity contribution is -0.120. The van der Waals surface area contributed by atoms with E-state index in [4.69, 9.17) is 5.73 Å². The van der Waals surface area contributed by atoms with Crippen LogP contribution in [0.25, 0.3) is 0 Å². The Hall–Kier alpha value is -2.36. The number of carbonyl (C=O) groups is 1. The van der Waals surface area contributed by atoms with Gasteiger partial charge in [0.15, 0.2) is 0 Å². The first-order valence-corrected chi connectivity index (χ1v) is 8.09. The van der Waals surface area contributed by atoms with Gasteiger partial charge < -0.3 is 10.6 Å². The van der Waals surface area contributed by atoms with Crippen LogP contribution in [0.2, 0.25) is 0 Å². The number of halogens is 1. The van der Waals surface area contributed by atoms with Gasteiger partial charge in [0, 0.05) is 23.8 Å². The van der Waals surface area contributed by atoms with Crippen molar-refractivity contribution in [2.24, 2.45) is 5.92 Å². The molecule has 1 aliphatic heterocycles. The molecular formula is C19H19FN2O. The highest BCUT2D eigenvalue weighted by Gasteiger charge is 2.46. The van der Waals surface area contributed by atoms with Crippen molar-refractivity contribution in [1.82, 2.24) is 0 Å². The molecule has 3 nitrogen and oxygen atoms in total. The number of amides is 1. The number of hydrogen-bond donors (Lipinski definition) is 1. The number of fused-ring (bicyclic) bond motifs is 1. The summed E-state index contributed by atoms with van der Waals surface area (Å²) in [4.78, 5) is 14.8. The second-order valence-electron chi connectivity index (χ2n) is 6.44. The number of nitrogens with zero attached hydrogens (tertiary/aromatic N) is 1. The van der Waals surface area contributed by atoms with Gasteiger partial charge in [-0.1, -0.05) is 18.2 Å². The summed E-state index contributed by atoms with van der Waals surface area (Å²) >= 11 is 0. The highest BCUT2D eigenvalue weighted by atomic mass is 19.1. The Morgan fingerprint density at radius 2 is 1.96 bits per heavy atom. The van der Waals surface area contributed by atoms with Crippen LogP contribution in [-0.4, -0.2) is 12.5 Å². The molecule has 4 rings (SSSR count). The van der Waals surface area contributed by atoms with Gasteiger partial charge in [-0.3, -0.25) is 4.79 Å². The van der Waals surface area contributed by atoms with E-state index in [0.717, 1.165) is 48.3 Å². The van der Waals surface area contributed by atoms with Gasteiger partial charge in [0.05, 0.1) is 0 Å². The van der Waals surface area contributed by atoms with Crippen LogP contribution in [-0.2, 0) is 11.2 Å². The average molecular weight is 310 g/mol.